The standard InChI is InChI=1S/C8H18N2O/c9-6-4-2-1-3-5-8(11)7-10/h1-7,9-10H2. The molecule has 0 saturated heterocycles. The molecule has 0 radical (unpaired) electrons. The van der Waals surface area contributed by atoms with Gasteiger partial charge in [0.1, 0.15) is 5.78 Å². The number of hydrogen-bond donors (Lipinski definition) is 2. The maximum Gasteiger partial charge on any atom is 0.146 e. The SMILES string of the molecule is NCCCCCCC(=O)CN. The van der Waals surface area contributed by atoms with Crippen LogP contribution in [0.4, 0.5) is 0 Å². The number of Topliss-reactive ketones (excluding diaryl/α,β-unsaturated/α-hetero) is 1. The average Bonchev–Trinajstić information content (AvgIpc) is 2.04. The summed E-state index contributed by atoms with van der Waals surface area (Å²) in [5, 5.41) is 0. The lowest BCUT2D eigenvalue weighted by Crippen LogP contribution is -2.12. The molecule has 0 aliphatic rings. The van der Waals surface area contributed by atoms with Crippen molar-refractivity contribution in [3.8, 4) is 0 Å². The number of carbonyl (C=O) groups is 1. The summed E-state index contributed by atoms with van der Waals surface area (Å²) < 4.78 is 0. The highest BCUT2D eigenvalue weighted by Crippen LogP contribution is 2.01. The Morgan fingerprint density at radius 3 is 2.18 bits per heavy atom. The van der Waals surface area contributed by atoms with Crippen LogP contribution in [0.5, 0.6) is 0 Å². The minimum Gasteiger partial charge on any atom is -0.330 e. The third kappa shape index (κ3) is 7.49. The van der Waals surface area contributed by atoms with E-state index in [-0.39, 0.29) is 12.3 Å². The zero-order valence-electron chi connectivity index (χ0n) is 7.01. The summed E-state index contributed by atoms with van der Waals surface area (Å²) in [5.74, 6) is 0.165. The first kappa shape index (κ1) is 10.6. The van der Waals surface area contributed by atoms with Crippen molar-refractivity contribution in [1.82, 2.24) is 0 Å². The molecule has 66 valence electrons. The smallest absolute Gasteiger partial charge is 0.146 e. The Morgan fingerprint density at radius 1 is 1.00 bits per heavy atom. The van der Waals surface area contributed by atoms with Crippen LogP contribution in [0.1, 0.15) is 32.1 Å². The second-order valence-electron chi connectivity index (χ2n) is 2.70. The van der Waals surface area contributed by atoms with E-state index < -0.39 is 0 Å². The third-order valence-electron chi connectivity index (χ3n) is 1.64. The molecule has 0 unspecified atom stereocenters. The number of nitrogens with two attached hydrogens (primary N) is 2. The van der Waals surface area contributed by atoms with Gasteiger partial charge in [-0.3, -0.25) is 4.79 Å². The van der Waals surface area contributed by atoms with Crippen molar-refractivity contribution >= 4 is 5.78 Å². The van der Waals surface area contributed by atoms with Gasteiger partial charge in [-0.15, -0.1) is 0 Å². The summed E-state index contributed by atoms with van der Waals surface area (Å²) >= 11 is 0. The van der Waals surface area contributed by atoms with E-state index in [0.717, 1.165) is 32.2 Å². The molecule has 0 spiro atoms. The van der Waals surface area contributed by atoms with Gasteiger partial charge in [-0.05, 0) is 19.4 Å². The molecular formula is C8H18N2O. The molecule has 3 heteroatoms. The lowest BCUT2D eigenvalue weighted by molar-refractivity contribution is -0.117. The number of rotatable bonds is 7. The average molecular weight is 158 g/mol. The maximum absolute atomic E-state index is 10.7. The highest BCUT2D eigenvalue weighted by atomic mass is 16.1. The Balaban J connectivity index is 2.95. The van der Waals surface area contributed by atoms with Crippen LogP contribution in [-0.4, -0.2) is 18.9 Å². The Hall–Kier alpha value is -0.410. The van der Waals surface area contributed by atoms with Crippen LogP contribution in [-0.2, 0) is 4.79 Å². The summed E-state index contributed by atoms with van der Waals surface area (Å²) in [6.07, 6.45) is 4.91. The second-order valence-corrected chi connectivity index (χ2v) is 2.70. The van der Waals surface area contributed by atoms with Crippen LogP contribution in [0.3, 0.4) is 0 Å². The van der Waals surface area contributed by atoms with E-state index in [1.54, 1.807) is 0 Å². The molecule has 0 aliphatic carbocycles. The molecule has 0 aromatic heterocycles. The lowest BCUT2D eigenvalue weighted by atomic mass is 10.1. The Kier molecular flexibility index (Phi) is 7.41. The van der Waals surface area contributed by atoms with Crippen molar-refractivity contribution in [2.45, 2.75) is 32.1 Å². The molecule has 3 nitrogen and oxygen atoms in total. The highest BCUT2D eigenvalue weighted by molar-refractivity contribution is 5.80. The van der Waals surface area contributed by atoms with E-state index in [9.17, 15) is 4.79 Å². The summed E-state index contributed by atoms with van der Waals surface area (Å²) in [4.78, 5) is 10.7. The molecule has 0 bridgehead atoms. The topological polar surface area (TPSA) is 69.1 Å². The normalized spacial score (nSPS) is 10.0. The summed E-state index contributed by atoms with van der Waals surface area (Å²) in [5.41, 5.74) is 10.5. The van der Waals surface area contributed by atoms with Gasteiger partial charge in [-0.1, -0.05) is 12.8 Å². The fourth-order valence-electron chi connectivity index (χ4n) is 0.922. The molecule has 0 amide bonds. The van der Waals surface area contributed by atoms with E-state index in [1.807, 2.05) is 0 Å². The predicted octanol–water partition coefficient (Wildman–Crippen LogP) is 0.423. The fourth-order valence-corrected chi connectivity index (χ4v) is 0.922. The monoisotopic (exact) mass is 158 g/mol. The molecule has 0 saturated carbocycles. The second kappa shape index (κ2) is 7.69. The lowest BCUT2D eigenvalue weighted by Gasteiger charge is -1.97. The zero-order valence-corrected chi connectivity index (χ0v) is 7.01. The quantitative estimate of drug-likeness (QED) is 0.528. The van der Waals surface area contributed by atoms with Crippen molar-refractivity contribution in [1.29, 1.82) is 0 Å². The van der Waals surface area contributed by atoms with Crippen molar-refractivity contribution in [3.63, 3.8) is 0 Å². The molecule has 0 fully saturated rings. The molecule has 0 rings (SSSR count). The van der Waals surface area contributed by atoms with Crippen LogP contribution < -0.4 is 11.5 Å². The van der Waals surface area contributed by atoms with Gasteiger partial charge in [0.05, 0.1) is 6.54 Å². The van der Waals surface area contributed by atoms with E-state index in [2.05, 4.69) is 0 Å². The van der Waals surface area contributed by atoms with Crippen LogP contribution in [0.2, 0.25) is 0 Å². The van der Waals surface area contributed by atoms with E-state index in [0.29, 0.717) is 6.42 Å². The van der Waals surface area contributed by atoms with Crippen molar-refractivity contribution in [2.24, 2.45) is 11.5 Å². The molecule has 4 N–H and O–H groups in total. The van der Waals surface area contributed by atoms with Gasteiger partial charge >= 0.3 is 0 Å². The third-order valence-corrected chi connectivity index (χ3v) is 1.64. The zero-order chi connectivity index (χ0) is 8.53. The first-order chi connectivity index (χ1) is 5.31. The van der Waals surface area contributed by atoms with Gasteiger partial charge < -0.3 is 11.5 Å². The number of carbonyl (C=O) groups excluding carboxylic acids is 1. The minimum atomic E-state index is 0.165. The van der Waals surface area contributed by atoms with Gasteiger partial charge in [0.25, 0.3) is 0 Å². The van der Waals surface area contributed by atoms with Gasteiger partial charge in [-0.2, -0.15) is 0 Å². The summed E-state index contributed by atoms with van der Waals surface area (Å²) in [6, 6.07) is 0. The molecule has 11 heavy (non-hydrogen) atoms. The van der Waals surface area contributed by atoms with Crippen LogP contribution in [0.15, 0.2) is 0 Å². The van der Waals surface area contributed by atoms with Crippen molar-refractivity contribution in [3.05, 3.63) is 0 Å². The highest BCUT2D eigenvalue weighted by Gasteiger charge is 1.96. The molecule has 0 heterocycles. The van der Waals surface area contributed by atoms with Crippen LogP contribution in [0, 0.1) is 0 Å². The van der Waals surface area contributed by atoms with E-state index in [4.69, 9.17) is 11.5 Å². The number of ketones is 1. The molecular weight excluding hydrogens is 140 g/mol. The first-order valence-corrected chi connectivity index (χ1v) is 4.23. The predicted molar refractivity (Wildman–Crippen MR) is 46.2 cm³/mol. The van der Waals surface area contributed by atoms with Crippen molar-refractivity contribution in [2.75, 3.05) is 13.1 Å². The minimum absolute atomic E-state index is 0.165. The molecule has 0 aliphatic heterocycles. The first-order valence-electron chi connectivity index (χ1n) is 4.23. The molecule has 0 atom stereocenters. The number of unbranched alkanes of at least 4 members (excludes halogenated alkanes) is 3. The van der Waals surface area contributed by atoms with Gasteiger partial charge in [-0.25, -0.2) is 0 Å². The van der Waals surface area contributed by atoms with Gasteiger partial charge in [0, 0.05) is 6.42 Å². The van der Waals surface area contributed by atoms with Gasteiger partial charge in [0.15, 0.2) is 0 Å². The van der Waals surface area contributed by atoms with Gasteiger partial charge in [0.2, 0.25) is 0 Å². The van der Waals surface area contributed by atoms with Crippen LogP contribution >= 0.6 is 0 Å². The van der Waals surface area contributed by atoms with Crippen LogP contribution in [0.25, 0.3) is 0 Å². The largest absolute Gasteiger partial charge is 0.330 e. The maximum atomic E-state index is 10.7. The number of hydrogen-bond acceptors (Lipinski definition) is 3. The molecule has 0 aromatic carbocycles. The van der Waals surface area contributed by atoms with E-state index in [1.165, 1.54) is 0 Å². The fraction of sp³-hybridized carbons (Fsp3) is 0.875. The Bertz CT molecular complexity index is 104. The Labute approximate surface area is 68.1 Å². The summed E-state index contributed by atoms with van der Waals surface area (Å²) in [7, 11) is 0. The van der Waals surface area contributed by atoms with E-state index >= 15 is 0 Å². The Morgan fingerprint density at radius 2 is 1.64 bits per heavy atom. The molecule has 0 aromatic rings. The summed E-state index contributed by atoms with van der Waals surface area (Å²) in [6.45, 7) is 0.946. The van der Waals surface area contributed by atoms with Crippen molar-refractivity contribution < 1.29 is 4.79 Å².